The van der Waals surface area contributed by atoms with Crippen molar-refractivity contribution in [2.24, 2.45) is 5.73 Å². The van der Waals surface area contributed by atoms with Crippen molar-refractivity contribution in [1.82, 2.24) is 9.97 Å². The maximum Gasteiger partial charge on any atom is 0.254 e. The van der Waals surface area contributed by atoms with E-state index >= 15 is 0 Å². The van der Waals surface area contributed by atoms with Gasteiger partial charge >= 0.3 is 0 Å². The Morgan fingerprint density at radius 2 is 2.24 bits per heavy atom. The highest BCUT2D eigenvalue weighted by Crippen LogP contribution is 2.31. The summed E-state index contributed by atoms with van der Waals surface area (Å²) in [6.07, 6.45) is 3.57. The summed E-state index contributed by atoms with van der Waals surface area (Å²) < 4.78 is 11.5. The van der Waals surface area contributed by atoms with Gasteiger partial charge in [0, 0.05) is 31.1 Å². The highest BCUT2D eigenvalue weighted by atomic mass is 32.1. The average Bonchev–Trinajstić information content (AvgIpc) is 3.50. The second-order valence-corrected chi connectivity index (χ2v) is 6.84. The van der Waals surface area contributed by atoms with Gasteiger partial charge in [0.2, 0.25) is 5.95 Å². The molecule has 1 aliphatic heterocycles. The summed E-state index contributed by atoms with van der Waals surface area (Å²) >= 11 is 0. The molecule has 10 heteroatoms. The molecule has 0 unspecified atom stereocenters. The minimum atomic E-state index is -0.551. The number of fused-ring (bicyclic) bond motifs is 1. The van der Waals surface area contributed by atoms with Gasteiger partial charge in [0.05, 0.1) is 11.3 Å². The standard InChI is InChI=1S/C19H24N6O3.H2S/c1-2-27-13-8-21-15-7-12(5-6-16(15)28-10-13)24-19-22-9-14(17(20)26)18(25-19)23-11-3-4-11;/h5-7,9,11,13,21H,2-4,8,10H2,1H3,(H2,20,26)(H2,22,23,24,25);1H2/t13-;/m0./s1. The van der Waals surface area contributed by atoms with Gasteiger partial charge in [-0.15, -0.1) is 0 Å². The Morgan fingerprint density at radius 1 is 1.41 bits per heavy atom. The summed E-state index contributed by atoms with van der Waals surface area (Å²) in [6.45, 7) is 3.79. The van der Waals surface area contributed by atoms with E-state index in [4.69, 9.17) is 15.2 Å². The Balaban J connectivity index is 0.00000240. The lowest BCUT2D eigenvalue weighted by molar-refractivity contribution is 0.0393. The number of nitrogens with zero attached hydrogens (tertiary/aromatic N) is 2. The molecule has 0 saturated heterocycles. The SMILES string of the molecule is CCO[C@H]1CNc2cc(Nc3ncc(C(N)=O)c(NC4CC4)n3)ccc2OC1.S. The fraction of sp³-hybridized carbons (Fsp3) is 0.421. The highest BCUT2D eigenvalue weighted by molar-refractivity contribution is 7.59. The summed E-state index contributed by atoms with van der Waals surface area (Å²) in [4.78, 5) is 20.3. The number of amides is 1. The van der Waals surface area contributed by atoms with Crippen molar-refractivity contribution in [3.8, 4) is 5.75 Å². The minimum Gasteiger partial charge on any atom is -0.489 e. The van der Waals surface area contributed by atoms with Gasteiger partial charge in [0.1, 0.15) is 24.3 Å². The number of carbonyl (C=O) groups excluding carboxylic acids is 1. The minimum absolute atomic E-state index is 0. The van der Waals surface area contributed by atoms with Crippen molar-refractivity contribution in [2.75, 3.05) is 35.7 Å². The third-order valence-corrected chi connectivity index (χ3v) is 4.56. The molecule has 1 saturated carbocycles. The van der Waals surface area contributed by atoms with Crippen molar-refractivity contribution in [2.45, 2.75) is 31.9 Å². The summed E-state index contributed by atoms with van der Waals surface area (Å²) in [7, 11) is 0. The largest absolute Gasteiger partial charge is 0.489 e. The Labute approximate surface area is 176 Å². The lowest BCUT2D eigenvalue weighted by Gasteiger charge is -2.13. The quantitative estimate of drug-likeness (QED) is 0.540. The first kappa shape index (κ1) is 21.0. The van der Waals surface area contributed by atoms with Crippen LogP contribution >= 0.6 is 13.5 Å². The van der Waals surface area contributed by atoms with E-state index in [1.165, 1.54) is 6.20 Å². The molecule has 4 rings (SSSR count). The second kappa shape index (κ2) is 9.19. The van der Waals surface area contributed by atoms with E-state index in [0.29, 0.717) is 37.6 Å². The molecule has 2 aliphatic rings. The smallest absolute Gasteiger partial charge is 0.254 e. The molecule has 29 heavy (non-hydrogen) atoms. The normalized spacial score (nSPS) is 17.6. The molecule has 1 fully saturated rings. The van der Waals surface area contributed by atoms with Gasteiger partial charge in [-0.05, 0) is 38.0 Å². The van der Waals surface area contributed by atoms with Crippen LogP contribution in [0.15, 0.2) is 24.4 Å². The molecule has 0 bridgehead atoms. The van der Waals surface area contributed by atoms with Crippen LogP contribution in [0.25, 0.3) is 0 Å². The van der Waals surface area contributed by atoms with Crippen LogP contribution < -0.4 is 26.4 Å². The van der Waals surface area contributed by atoms with Crippen LogP contribution in [0, 0.1) is 0 Å². The zero-order chi connectivity index (χ0) is 19.5. The summed E-state index contributed by atoms with van der Waals surface area (Å²) in [5, 5.41) is 9.75. The number of carbonyl (C=O) groups is 1. The maximum absolute atomic E-state index is 11.6. The molecule has 1 amide bonds. The highest BCUT2D eigenvalue weighted by Gasteiger charge is 2.24. The number of benzene rings is 1. The predicted octanol–water partition coefficient (Wildman–Crippen LogP) is 2.22. The van der Waals surface area contributed by atoms with Crippen LogP contribution in [-0.4, -0.2) is 47.8 Å². The lowest BCUT2D eigenvalue weighted by Crippen LogP contribution is -2.27. The van der Waals surface area contributed by atoms with Gasteiger partial charge in [0.15, 0.2) is 0 Å². The van der Waals surface area contributed by atoms with E-state index < -0.39 is 5.91 Å². The maximum atomic E-state index is 11.6. The van der Waals surface area contributed by atoms with Crippen LogP contribution in [0.5, 0.6) is 5.75 Å². The zero-order valence-corrected chi connectivity index (χ0v) is 17.2. The van der Waals surface area contributed by atoms with Crippen molar-refractivity contribution in [3.63, 3.8) is 0 Å². The van der Waals surface area contributed by atoms with Gasteiger partial charge in [-0.2, -0.15) is 18.5 Å². The van der Waals surface area contributed by atoms with E-state index in [2.05, 4.69) is 25.9 Å². The molecule has 1 aromatic heterocycles. The Morgan fingerprint density at radius 3 is 2.97 bits per heavy atom. The molecule has 1 atom stereocenters. The molecule has 2 heterocycles. The summed E-state index contributed by atoms with van der Waals surface area (Å²) in [5.41, 5.74) is 7.39. The Bertz CT molecular complexity index is 877. The van der Waals surface area contributed by atoms with Crippen molar-refractivity contribution >= 4 is 42.5 Å². The number of ether oxygens (including phenoxy) is 2. The second-order valence-electron chi connectivity index (χ2n) is 6.84. The molecule has 1 aromatic carbocycles. The topological polar surface area (TPSA) is 123 Å². The average molecular weight is 419 g/mol. The number of rotatable bonds is 7. The fourth-order valence-corrected chi connectivity index (χ4v) is 2.96. The molecule has 1 aliphatic carbocycles. The first-order valence-electron chi connectivity index (χ1n) is 9.45. The molecule has 5 N–H and O–H groups in total. The number of anilines is 4. The van der Waals surface area contributed by atoms with Crippen LogP contribution in [0.4, 0.5) is 23.1 Å². The summed E-state index contributed by atoms with van der Waals surface area (Å²) in [6, 6.07) is 6.05. The number of aromatic nitrogens is 2. The van der Waals surface area contributed by atoms with Crippen LogP contribution in [0.3, 0.4) is 0 Å². The number of hydrogen-bond donors (Lipinski definition) is 4. The Kier molecular flexibility index (Phi) is 6.65. The molecule has 9 nitrogen and oxygen atoms in total. The van der Waals surface area contributed by atoms with Crippen LogP contribution in [-0.2, 0) is 4.74 Å². The van der Waals surface area contributed by atoms with Crippen molar-refractivity contribution < 1.29 is 14.3 Å². The molecule has 156 valence electrons. The number of nitrogens with one attached hydrogen (secondary N) is 3. The zero-order valence-electron chi connectivity index (χ0n) is 16.2. The molecule has 2 aromatic rings. The number of nitrogens with two attached hydrogens (primary N) is 1. The monoisotopic (exact) mass is 418 g/mol. The molecule has 0 spiro atoms. The van der Waals surface area contributed by atoms with E-state index in [-0.39, 0.29) is 25.2 Å². The molecule has 0 radical (unpaired) electrons. The third kappa shape index (κ3) is 5.21. The first-order chi connectivity index (χ1) is 13.6. The number of hydrogen-bond acceptors (Lipinski definition) is 8. The predicted molar refractivity (Wildman–Crippen MR) is 117 cm³/mol. The lowest BCUT2D eigenvalue weighted by atomic mass is 10.2. The fourth-order valence-electron chi connectivity index (χ4n) is 2.96. The van der Waals surface area contributed by atoms with E-state index in [1.807, 2.05) is 25.1 Å². The molecular formula is C19H26N6O3S. The van der Waals surface area contributed by atoms with Gasteiger partial charge in [-0.25, -0.2) is 4.98 Å². The first-order valence-corrected chi connectivity index (χ1v) is 9.45. The van der Waals surface area contributed by atoms with E-state index in [9.17, 15) is 4.79 Å². The van der Waals surface area contributed by atoms with Crippen LogP contribution in [0.1, 0.15) is 30.1 Å². The van der Waals surface area contributed by atoms with Crippen LogP contribution in [0.2, 0.25) is 0 Å². The van der Waals surface area contributed by atoms with E-state index in [1.54, 1.807) is 0 Å². The Hall–Kier alpha value is -2.72. The van der Waals surface area contributed by atoms with Crippen molar-refractivity contribution in [1.29, 1.82) is 0 Å². The van der Waals surface area contributed by atoms with Gasteiger partial charge < -0.3 is 31.2 Å². The van der Waals surface area contributed by atoms with Gasteiger partial charge in [-0.1, -0.05) is 0 Å². The molecular weight excluding hydrogens is 392 g/mol. The number of primary amides is 1. The third-order valence-electron chi connectivity index (χ3n) is 4.56. The van der Waals surface area contributed by atoms with Crippen molar-refractivity contribution in [3.05, 3.63) is 30.0 Å². The van der Waals surface area contributed by atoms with E-state index in [0.717, 1.165) is 30.0 Å². The van der Waals surface area contributed by atoms with Gasteiger partial charge in [0.25, 0.3) is 5.91 Å². The summed E-state index contributed by atoms with van der Waals surface area (Å²) in [5.74, 6) is 1.07. The van der Waals surface area contributed by atoms with Gasteiger partial charge in [-0.3, -0.25) is 4.79 Å².